The highest BCUT2D eigenvalue weighted by Gasteiger charge is 2.07. The minimum atomic E-state index is -0.0926. The molecule has 1 N–H and O–H groups in total. The topological polar surface area (TPSA) is 38.3 Å². The lowest BCUT2D eigenvalue weighted by molar-refractivity contribution is -0.124. The van der Waals surface area contributed by atoms with Gasteiger partial charge in [0.25, 0.3) is 0 Å². The second-order valence-corrected chi connectivity index (χ2v) is 1.91. The van der Waals surface area contributed by atoms with Gasteiger partial charge in [-0.15, -0.1) is 0 Å². The van der Waals surface area contributed by atoms with Crippen LogP contribution in [0.1, 0.15) is 6.92 Å². The van der Waals surface area contributed by atoms with Crippen LogP contribution in [0, 0.1) is 0 Å². The molecular formula is C6H13NO2. The first-order valence-electron chi connectivity index (χ1n) is 2.91. The molecule has 54 valence electrons. The highest BCUT2D eigenvalue weighted by atomic mass is 16.5. The molecular weight excluding hydrogens is 118 g/mol. The molecule has 0 spiro atoms. The number of rotatable bonds is 4. The van der Waals surface area contributed by atoms with Crippen LogP contribution >= 0.6 is 0 Å². The van der Waals surface area contributed by atoms with Gasteiger partial charge in [-0.05, 0) is 14.0 Å². The van der Waals surface area contributed by atoms with E-state index in [-0.39, 0.29) is 18.4 Å². The summed E-state index contributed by atoms with van der Waals surface area (Å²) in [5, 5.41) is 2.82. The Kier molecular flexibility index (Phi) is 4.26. The highest BCUT2D eigenvalue weighted by Crippen LogP contribution is 1.82. The quantitative estimate of drug-likeness (QED) is 0.574. The Bertz CT molecular complexity index is 93.1. The van der Waals surface area contributed by atoms with E-state index in [4.69, 9.17) is 0 Å². The number of methoxy groups -OCH3 is 1. The fourth-order valence-electron chi connectivity index (χ4n) is 0.428. The van der Waals surface area contributed by atoms with Crippen LogP contribution in [0.25, 0.3) is 0 Å². The second-order valence-electron chi connectivity index (χ2n) is 1.91. The number of nitrogens with one attached hydrogen (secondary N) is 1. The Morgan fingerprint density at radius 1 is 1.78 bits per heavy atom. The van der Waals surface area contributed by atoms with Gasteiger partial charge >= 0.3 is 0 Å². The minimum Gasteiger partial charge on any atom is -0.377 e. The van der Waals surface area contributed by atoms with Crippen molar-refractivity contribution in [1.29, 1.82) is 0 Å². The summed E-state index contributed by atoms with van der Waals surface area (Å²) in [6, 6.07) is -0.0926. The molecule has 0 aromatic carbocycles. The molecule has 0 aliphatic heterocycles. The second kappa shape index (κ2) is 4.47. The lowest BCUT2D eigenvalue weighted by Crippen LogP contribution is -2.33. The largest absolute Gasteiger partial charge is 0.377 e. The summed E-state index contributed by atoms with van der Waals surface area (Å²) in [5.74, 6) is 0.0833. The Hall–Kier alpha value is -0.410. The van der Waals surface area contributed by atoms with Crippen molar-refractivity contribution in [2.75, 3.05) is 20.8 Å². The van der Waals surface area contributed by atoms with E-state index in [1.54, 1.807) is 14.0 Å². The number of ketones is 1. The molecule has 0 aromatic heterocycles. The van der Waals surface area contributed by atoms with Crippen molar-refractivity contribution in [3.8, 4) is 0 Å². The van der Waals surface area contributed by atoms with Crippen LogP contribution in [0.15, 0.2) is 0 Å². The average Bonchev–Trinajstić information content (AvgIpc) is 1.87. The summed E-state index contributed by atoms with van der Waals surface area (Å²) in [6.45, 7) is 2.00. The zero-order valence-corrected chi connectivity index (χ0v) is 6.10. The van der Waals surface area contributed by atoms with E-state index < -0.39 is 0 Å². The van der Waals surface area contributed by atoms with Crippen LogP contribution < -0.4 is 5.32 Å². The third-order valence-corrected chi connectivity index (χ3v) is 1.20. The van der Waals surface area contributed by atoms with E-state index in [2.05, 4.69) is 10.1 Å². The van der Waals surface area contributed by atoms with Gasteiger partial charge in [0.05, 0.1) is 6.04 Å². The normalized spacial score (nSPS) is 13.2. The smallest absolute Gasteiger partial charge is 0.174 e. The molecule has 0 saturated heterocycles. The molecule has 0 heterocycles. The van der Waals surface area contributed by atoms with Crippen molar-refractivity contribution in [1.82, 2.24) is 5.32 Å². The monoisotopic (exact) mass is 131 g/mol. The van der Waals surface area contributed by atoms with Gasteiger partial charge in [-0.1, -0.05) is 0 Å². The molecule has 9 heavy (non-hydrogen) atoms. The molecule has 0 fully saturated rings. The summed E-state index contributed by atoms with van der Waals surface area (Å²) < 4.78 is 4.64. The molecule has 1 unspecified atom stereocenters. The van der Waals surface area contributed by atoms with Crippen molar-refractivity contribution < 1.29 is 9.53 Å². The maximum Gasteiger partial charge on any atom is 0.174 e. The van der Waals surface area contributed by atoms with E-state index in [1.807, 2.05) is 0 Å². The third kappa shape index (κ3) is 3.21. The lowest BCUT2D eigenvalue weighted by Gasteiger charge is -2.06. The summed E-state index contributed by atoms with van der Waals surface area (Å²) in [4.78, 5) is 10.8. The van der Waals surface area contributed by atoms with Gasteiger partial charge in [-0.25, -0.2) is 0 Å². The van der Waals surface area contributed by atoms with Crippen molar-refractivity contribution in [2.24, 2.45) is 0 Å². The van der Waals surface area contributed by atoms with Gasteiger partial charge in [0.1, 0.15) is 6.61 Å². The summed E-state index contributed by atoms with van der Waals surface area (Å²) in [7, 11) is 3.26. The first-order valence-corrected chi connectivity index (χ1v) is 2.91. The van der Waals surface area contributed by atoms with Crippen molar-refractivity contribution >= 4 is 5.78 Å². The number of ether oxygens (including phenoxy) is 1. The first kappa shape index (κ1) is 8.59. The molecule has 0 saturated carbocycles. The highest BCUT2D eigenvalue weighted by molar-refractivity contribution is 5.84. The predicted octanol–water partition coefficient (Wildman–Crippen LogP) is -0.190. The Morgan fingerprint density at radius 2 is 2.33 bits per heavy atom. The van der Waals surface area contributed by atoms with Crippen LogP contribution in [0.2, 0.25) is 0 Å². The molecule has 1 atom stereocenters. The van der Waals surface area contributed by atoms with Crippen molar-refractivity contribution in [3.63, 3.8) is 0 Å². The number of carbonyl (C=O) groups excluding carboxylic acids is 1. The predicted molar refractivity (Wildman–Crippen MR) is 35.4 cm³/mol. The van der Waals surface area contributed by atoms with E-state index in [9.17, 15) is 4.79 Å². The van der Waals surface area contributed by atoms with E-state index >= 15 is 0 Å². The minimum absolute atomic E-state index is 0.0833. The molecule has 0 aliphatic carbocycles. The average molecular weight is 131 g/mol. The van der Waals surface area contributed by atoms with Gasteiger partial charge in [0.2, 0.25) is 0 Å². The number of Topliss-reactive ketones (excluding diaryl/α,β-unsaturated/α-hetero) is 1. The van der Waals surface area contributed by atoms with E-state index in [0.29, 0.717) is 0 Å². The Labute approximate surface area is 55.4 Å². The van der Waals surface area contributed by atoms with Gasteiger partial charge in [0.15, 0.2) is 5.78 Å². The number of hydrogen-bond donors (Lipinski definition) is 1. The summed E-state index contributed by atoms with van der Waals surface area (Å²) in [6.07, 6.45) is 0. The molecule has 3 nitrogen and oxygen atoms in total. The maximum absolute atomic E-state index is 10.8. The maximum atomic E-state index is 10.8. The first-order chi connectivity index (χ1) is 4.22. The molecule has 0 amide bonds. The number of carbonyl (C=O) groups is 1. The van der Waals surface area contributed by atoms with Gasteiger partial charge in [0, 0.05) is 7.11 Å². The summed E-state index contributed by atoms with van der Waals surface area (Å²) >= 11 is 0. The molecule has 0 aromatic rings. The molecule has 0 bridgehead atoms. The molecule has 3 heteroatoms. The molecule has 0 radical (unpaired) electrons. The van der Waals surface area contributed by atoms with E-state index in [1.165, 1.54) is 7.11 Å². The number of hydrogen-bond acceptors (Lipinski definition) is 3. The Balaban J connectivity index is 3.46. The van der Waals surface area contributed by atoms with Crippen LogP contribution in [0.3, 0.4) is 0 Å². The molecule has 0 rings (SSSR count). The molecule has 0 aliphatic rings. The van der Waals surface area contributed by atoms with Crippen LogP contribution in [-0.4, -0.2) is 32.6 Å². The number of likely N-dealkylation sites (N-methyl/N-ethyl adjacent to an activating group) is 1. The third-order valence-electron chi connectivity index (χ3n) is 1.20. The fourth-order valence-corrected chi connectivity index (χ4v) is 0.428. The Morgan fingerprint density at radius 3 is 2.67 bits per heavy atom. The van der Waals surface area contributed by atoms with Crippen molar-refractivity contribution in [3.05, 3.63) is 0 Å². The van der Waals surface area contributed by atoms with Gasteiger partial charge in [-0.2, -0.15) is 0 Å². The standard InChI is InChI=1S/C6H13NO2/c1-5(7-2)6(8)4-9-3/h5,7H,4H2,1-3H3. The zero-order chi connectivity index (χ0) is 7.28. The fraction of sp³-hybridized carbons (Fsp3) is 0.833. The summed E-state index contributed by atoms with van der Waals surface area (Å²) in [5.41, 5.74) is 0. The van der Waals surface area contributed by atoms with Crippen LogP contribution in [0.5, 0.6) is 0 Å². The zero-order valence-electron chi connectivity index (χ0n) is 6.10. The van der Waals surface area contributed by atoms with Crippen LogP contribution in [0.4, 0.5) is 0 Å². The van der Waals surface area contributed by atoms with E-state index in [0.717, 1.165) is 0 Å². The van der Waals surface area contributed by atoms with Crippen LogP contribution in [-0.2, 0) is 9.53 Å². The van der Waals surface area contributed by atoms with Gasteiger partial charge in [-0.3, -0.25) is 4.79 Å². The lowest BCUT2D eigenvalue weighted by atomic mass is 10.2. The SMILES string of the molecule is CNC(C)C(=O)COC. The van der Waals surface area contributed by atoms with Crippen molar-refractivity contribution in [2.45, 2.75) is 13.0 Å². The van der Waals surface area contributed by atoms with Gasteiger partial charge < -0.3 is 10.1 Å².